The van der Waals surface area contributed by atoms with E-state index in [0.717, 1.165) is 21.0 Å². The van der Waals surface area contributed by atoms with Crippen LogP contribution in [0.5, 0.6) is 5.75 Å². The lowest BCUT2D eigenvalue weighted by Gasteiger charge is -2.34. The van der Waals surface area contributed by atoms with Crippen molar-refractivity contribution in [1.82, 2.24) is 10.2 Å². The van der Waals surface area contributed by atoms with E-state index in [9.17, 15) is 18.0 Å². The SMILES string of the molecule is CNC(=O)[C@H](Cc1ccccc1)N(Cc1ccc(Cl)c(Cl)c1)C(=O)CN(c1cc(C)ccc1OC)S(=O)(=O)c1ccc(C)cc1. The Labute approximate surface area is 274 Å². The summed E-state index contributed by atoms with van der Waals surface area (Å²) in [5.74, 6) is -0.745. The first-order valence-corrected chi connectivity index (χ1v) is 16.4. The maximum absolute atomic E-state index is 14.5. The number of rotatable bonds is 12. The molecular formula is C34H35Cl2N3O5S. The van der Waals surface area contributed by atoms with Crippen molar-refractivity contribution in [3.05, 3.63) is 123 Å². The van der Waals surface area contributed by atoms with Crippen LogP contribution in [0.4, 0.5) is 5.69 Å². The average molecular weight is 669 g/mol. The maximum Gasteiger partial charge on any atom is 0.264 e. The van der Waals surface area contributed by atoms with Crippen LogP contribution in [0.15, 0.2) is 95.9 Å². The Morgan fingerprint density at radius 2 is 1.51 bits per heavy atom. The molecule has 0 bridgehead atoms. The second-order valence-corrected chi connectivity index (χ2v) is 13.3. The number of methoxy groups -OCH3 is 1. The molecule has 1 atom stereocenters. The second-order valence-electron chi connectivity index (χ2n) is 10.6. The summed E-state index contributed by atoms with van der Waals surface area (Å²) in [6, 6.07) is 24.7. The van der Waals surface area contributed by atoms with Gasteiger partial charge in [0.2, 0.25) is 11.8 Å². The van der Waals surface area contributed by atoms with Gasteiger partial charge in [-0.2, -0.15) is 0 Å². The van der Waals surface area contributed by atoms with Crippen LogP contribution in [0.2, 0.25) is 10.0 Å². The lowest BCUT2D eigenvalue weighted by Crippen LogP contribution is -2.53. The van der Waals surface area contributed by atoms with Gasteiger partial charge in [0.25, 0.3) is 10.0 Å². The van der Waals surface area contributed by atoms with Gasteiger partial charge >= 0.3 is 0 Å². The predicted molar refractivity (Wildman–Crippen MR) is 178 cm³/mol. The Hall–Kier alpha value is -4.05. The van der Waals surface area contributed by atoms with E-state index < -0.39 is 34.4 Å². The number of aryl methyl sites for hydroxylation is 2. The molecule has 236 valence electrons. The first kappa shape index (κ1) is 33.8. The molecule has 0 fully saturated rings. The van der Waals surface area contributed by atoms with Crippen LogP contribution < -0.4 is 14.4 Å². The van der Waals surface area contributed by atoms with Crippen molar-refractivity contribution >= 4 is 50.7 Å². The summed E-state index contributed by atoms with van der Waals surface area (Å²) in [4.78, 5) is 29.3. The molecule has 0 saturated carbocycles. The highest BCUT2D eigenvalue weighted by Crippen LogP contribution is 2.34. The second kappa shape index (κ2) is 14.8. The molecule has 1 N–H and O–H groups in total. The molecule has 0 heterocycles. The molecule has 45 heavy (non-hydrogen) atoms. The Morgan fingerprint density at radius 1 is 0.844 bits per heavy atom. The molecule has 2 amide bonds. The van der Waals surface area contributed by atoms with E-state index in [1.807, 2.05) is 44.2 Å². The molecule has 0 radical (unpaired) electrons. The molecule has 0 unspecified atom stereocenters. The molecule has 4 aromatic rings. The minimum absolute atomic E-state index is 0.00706. The molecule has 4 aromatic carbocycles. The Kier molecular flexibility index (Phi) is 11.1. The first-order chi connectivity index (χ1) is 21.4. The number of carbonyl (C=O) groups excluding carboxylic acids is 2. The Morgan fingerprint density at radius 3 is 2.13 bits per heavy atom. The highest BCUT2D eigenvalue weighted by molar-refractivity contribution is 7.92. The Bertz CT molecular complexity index is 1770. The van der Waals surface area contributed by atoms with Crippen molar-refractivity contribution in [2.24, 2.45) is 0 Å². The molecule has 11 heteroatoms. The number of ether oxygens (including phenoxy) is 1. The third-order valence-corrected chi connectivity index (χ3v) is 9.86. The number of nitrogens with zero attached hydrogens (tertiary/aromatic N) is 2. The van der Waals surface area contributed by atoms with Crippen LogP contribution in [-0.4, -0.2) is 51.9 Å². The zero-order valence-electron chi connectivity index (χ0n) is 25.5. The topological polar surface area (TPSA) is 96.0 Å². The lowest BCUT2D eigenvalue weighted by molar-refractivity contribution is -0.139. The van der Waals surface area contributed by atoms with Crippen LogP contribution in [-0.2, 0) is 32.6 Å². The molecule has 0 saturated heterocycles. The Balaban J connectivity index is 1.85. The van der Waals surface area contributed by atoms with Crippen LogP contribution in [0, 0.1) is 13.8 Å². The molecule has 4 rings (SSSR count). The van der Waals surface area contributed by atoms with E-state index >= 15 is 0 Å². The van der Waals surface area contributed by atoms with E-state index in [1.165, 1.54) is 31.2 Å². The minimum Gasteiger partial charge on any atom is -0.495 e. The van der Waals surface area contributed by atoms with Crippen molar-refractivity contribution in [2.45, 2.75) is 37.8 Å². The van der Waals surface area contributed by atoms with Gasteiger partial charge in [-0.05, 0) is 66.9 Å². The summed E-state index contributed by atoms with van der Waals surface area (Å²) in [5.41, 5.74) is 3.28. The van der Waals surface area contributed by atoms with Crippen LogP contribution in [0.1, 0.15) is 22.3 Å². The van der Waals surface area contributed by atoms with Gasteiger partial charge in [0.05, 0.1) is 27.7 Å². The highest BCUT2D eigenvalue weighted by atomic mass is 35.5. The highest BCUT2D eigenvalue weighted by Gasteiger charge is 2.35. The van der Waals surface area contributed by atoms with Crippen LogP contribution >= 0.6 is 23.2 Å². The van der Waals surface area contributed by atoms with E-state index in [4.69, 9.17) is 27.9 Å². The summed E-state index contributed by atoms with van der Waals surface area (Å²) in [6.07, 6.45) is 0.187. The quantitative estimate of drug-likeness (QED) is 0.194. The largest absolute Gasteiger partial charge is 0.495 e. The third-order valence-electron chi connectivity index (χ3n) is 7.35. The van der Waals surface area contributed by atoms with Crippen molar-refractivity contribution in [3.63, 3.8) is 0 Å². The standard InChI is InChI=1S/C34H35Cl2N3O5S/c1-23-10-14-27(15-11-23)45(42,43)39(30-18-24(2)12-17-32(30)44-4)22-33(40)38(21-26-13-16-28(35)29(36)19-26)31(34(41)37-3)20-25-8-6-5-7-9-25/h5-19,31H,20-22H2,1-4H3,(H,37,41)/t31-/m0/s1. The van der Waals surface area contributed by atoms with E-state index in [1.54, 1.807) is 48.5 Å². The monoisotopic (exact) mass is 667 g/mol. The molecule has 8 nitrogen and oxygen atoms in total. The molecule has 0 aliphatic rings. The van der Waals surface area contributed by atoms with Crippen molar-refractivity contribution in [2.75, 3.05) is 25.0 Å². The van der Waals surface area contributed by atoms with E-state index in [2.05, 4.69) is 5.32 Å². The number of nitrogens with one attached hydrogen (secondary N) is 1. The molecule has 0 aromatic heterocycles. The van der Waals surface area contributed by atoms with Gasteiger partial charge in [-0.25, -0.2) is 8.42 Å². The van der Waals surface area contributed by atoms with Gasteiger partial charge in [-0.15, -0.1) is 0 Å². The number of hydrogen-bond acceptors (Lipinski definition) is 5. The van der Waals surface area contributed by atoms with E-state index in [-0.39, 0.29) is 34.3 Å². The summed E-state index contributed by atoms with van der Waals surface area (Å²) < 4.78 is 35.1. The molecule has 0 aliphatic heterocycles. The van der Waals surface area contributed by atoms with Crippen LogP contribution in [0.25, 0.3) is 0 Å². The number of anilines is 1. The zero-order chi connectivity index (χ0) is 32.7. The number of amides is 2. The average Bonchev–Trinajstić information content (AvgIpc) is 3.03. The number of benzene rings is 4. The number of sulfonamides is 1. The molecular weight excluding hydrogens is 633 g/mol. The van der Waals surface area contributed by atoms with Gasteiger partial charge in [0, 0.05) is 20.0 Å². The number of carbonyl (C=O) groups is 2. The minimum atomic E-state index is -4.28. The normalized spacial score (nSPS) is 11.9. The van der Waals surface area contributed by atoms with Gasteiger partial charge in [-0.3, -0.25) is 13.9 Å². The number of hydrogen-bond donors (Lipinski definition) is 1. The van der Waals surface area contributed by atoms with Crippen molar-refractivity contribution in [3.8, 4) is 5.75 Å². The smallest absolute Gasteiger partial charge is 0.264 e. The first-order valence-electron chi connectivity index (χ1n) is 14.2. The maximum atomic E-state index is 14.5. The van der Waals surface area contributed by atoms with Crippen molar-refractivity contribution in [1.29, 1.82) is 0 Å². The lowest BCUT2D eigenvalue weighted by atomic mass is 10.0. The summed E-state index contributed by atoms with van der Waals surface area (Å²) in [5, 5.41) is 3.29. The van der Waals surface area contributed by atoms with Crippen molar-refractivity contribution < 1.29 is 22.7 Å². The summed E-state index contributed by atoms with van der Waals surface area (Å²) >= 11 is 12.5. The van der Waals surface area contributed by atoms with Gasteiger partial charge in [0.15, 0.2) is 0 Å². The van der Waals surface area contributed by atoms with E-state index in [0.29, 0.717) is 10.6 Å². The predicted octanol–water partition coefficient (Wildman–Crippen LogP) is 6.20. The number of halogens is 2. The fraction of sp³-hybridized carbons (Fsp3) is 0.235. The fourth-order valence-electron chi connectivity index (χ4n) is 4.90. The molecule has 0 spiro atoms. The fourth-order valence-corrected chi connectivity index (χ4v) is 6.64. The number of likely N-dealkylation sites (N-methyl/N-ethyl adjacent to an activating group) is 1. The third kappa shape index (κ3) is 8.16. The molecule has 0 aliphatic carbocycles. The van der Waals surface area contributed by atoms with Gasteiger partial charge < -0.3 is 15.0 Å². The zero-order valence-corrected chi connectivity index (χ0v) is 27.8. The summed E-state index contributed by atoms with van der Waals surface area (Å²) in [6.45, 7) is 3.02. The summed E-state index contributed by atoms with van der Waals surface area (Å²) in [7, 11) is -1.35. The van der Waals surface area contributed by atoms with Gasteiger partial charge in [-0.1, -0.05) is 83.4 Å². The van der Waals surface area contributed by atoms with Crippen LogP contribution in [0.3, 0.4) is 0 Å². The van der Waals surface area contributed by atoms with Gasteiger partial charge in [0.1, 0.15) is 18.3 Å².